The summed E-state index contributed by atoms with van der Waals surface area (Å²) in [7, 11) is 0. The highest BCUT2D eigenvalue weighted by Gasteiger charge is 2.39. The molecular formula is C9H11FN2. The van der Waals surface area contributed by atoms with E-state index in [9.17, 15) is 4.39 Å². The lowest BCUT2D eigenvalue weighted by molar-refractivity contribution is 0.568. The molecule has 1 saturated carbocycles. The number of nitrogens with two attached hydrogens (primary N) is 1. The molecule has 2 nitrogen and oxygen atoms in total. The number of nitrogens with zero attached hydrogens (tertiary/aromatic N) is 1. The van der Waals surface area contributed by atoms with E-state index in [4.69, 9.17) is 5.73 Å². The van der Waals surface area contributed by atoms with Crippen molar-refractivity contribution >= 4 is 0 Å². The molecular weight excluding hydrogens is 155 g/mol. The van der Waals surface area contributed by atoms with E-state index >= 15 is 0 Å². The molecule has 12 heavy (non-hydrogen) atoms. The Morgan fingerprint density at radius 2 is 2.33 bits per heavy atom. The third-order valence-corrected chi connectivity index (χ3v) is 2.25. The van der Waals surface area contributed by atoms with Crippen molar-refractivity contribution in [1.82, 2.24) is 4.98 Å². The first-order valence-electron chi connectivity index (χ1n) is 4.08. The second-order valence-electron chi connectivity index (χ2n) is 3.47. The fourth-order valence-corrected chi connectivity index (χ4v) is 1.22. The van der Waals surface area contributed by atoms with E-state index in [1.807, 2.05) is 0 Å². The van der Waals surface area contributed by atoms with Gasteiger partial charge in [0.1, 0.15) is 5.82 Å². The molecule has 1 aliphatic carbocycles. The van der Waals surface area contributed by atoms with Crippen molar-refractivity contribution in [3.05, 3.63) is 29.8 Å². The van der Waals surface area contributed by atoms with Crippen LogP contribution in [0.1, 0.15) is 18.5 Å². The average molecular weight is 166 g/mol. The van der Waals surface area contributed by atoms with Crippen LogP contribution in [0.25, 0.3) is 0 Å². The van der Waals surface area contributed by atoms with Crippen LogP contribution in [0, 0.1) is 5.82 Å². The van der Waals surface area contributed by atoms with Crippen molar-refractivity contribution in [2.75, 3.05) is 0 Å². The van der Waals surface area contributed by atoms with Crippen LogP contribution >= 0.6 is 0 Å². The quantitative estimate of drug-likeness (QED) is 0.718. The predicted molar refractivity (Wildman–Crippen MR) is 44.1 cm³/mol. The number of hydrogen-bond acceptors (Lipinski definition) is 2. The first-order valence-corrected chi connectivity index (χ1v) is 4.08. The molecule has 1 aromatic heterocycles. The van der Waals surface area contributed by atoms with Gasteiger partial charge in [-0.1, -0.05) is 0 Å². The van der Waals surface area contributed by atoms with E-state index in [2.05, 4.69) is 4.98 Å². The molecule has 0 atom stereocenters. The van der Waals surface area contributed by atoms with Crippen molar-refractivity contribution in [2.24, 2.45) is 5.73 Å². The van der Waals surface area contributed by atoms with E-state index < -0.39 is 0 Å². The number of halogens is 1. The van der Waals surface area contributed by atoms with Gasteiger partial charge in [0.15, 0.2) is 0 Å². The summed E-state index contributed by atoms with van der Waals surface area (Å²) in [5.74, 6) is -0.241. The molecule has 1 fully saturated rings. The Balaban J connectivity index is 2.17. The Labute approximate surface area is 70.6 Å². The van der Waals surface area contributed by atoms with E-state index in [1.165, 1.54) is 6.07 Å². The molecule has 1 aromatic rings. The second-order valence-corrected chi connectivity index (χ2v) is 3.47. The molecule has 0 spiro atoms. The van der Waals surface area contributed by atoms with Gasteiger partial charge in [0, 0.05) is 18.2 Å². The van der Waals surface area contributed by atoms with Gasteiger partial charge in [-0.2, -0.15) is 0 Å². The topological polar surface area (TPSA) is 38.9 Å². The van der Waals surface area contributed by atoms with Gasteiger partial charge in [0.2, 0.25) is 0 Å². The van der Waals surface area contributed by atoms with Crippen LogP contribution in [0.15, 0.2) is 18.3 Å². The SMILES string of the molecule is NC1(Cc2ncccc2F)CC1. The third-order valence-electron chi connectivity index (χ3n) is 2.25. The van der Waals surface area contributed by atoms with Crippen LogP contribution in [0.3, 0.4) is 0 Å². The summed E-state index contributed by atoms with van der Waals surface area (Å²) >= 11 is 0. The van der Waals surface area contributed by atoms with Gasteiger partial charge in [0.25, 0.3) is 0 Å². The third kappa shape index (κ3) is 1.46. The summed E-state index contributed by atoms with van der Waals surface area (Å²) in [6.45, 7) is 0. The number of aromatic nitrogens is 1. The summed E-state index contributed by atoms with van der Waals surface area (Å²) in [4.78, 5) is 3.95. The Hall–Kier alpha value is -0.960. The van der Waals surface area contributed by atoms with E-state index in [-0.39, 0.29) is 11.4 Å². The van der Waals surface area contributed by atoms with Gasteiger partial charge >= 0.3 is 0 Å². The minimum atomic E-state index is -0.241. The standard InChI is InChI=1S/C9H11FN2/c10-7-2-1-5-12-8(7)6-9(11)3-4-9/h1-2,5H,3-4,6,11H2. The summed E-state index contributed by atoms with van der Waals surface area (Å²) in [5.41, 5.74) is 6.18. The van der Waals surface area contributed by atoms with Crippen LogP contribution < -0.4 is 5.73 Å². The van der Waals surface area contributed by atoms with Gasteiger partial charge in [-0.25, -0.2) is 4.39 Å². The maximum Gasteiger partial charge on any atom is 0.144 e. The first-order chi connectivity index (χ1) is 5.70. The molecule has 3 heteroatoms. The van der Waals surface area contributed by atoms with Crippen molar-refractivity contribution < 1.29 is 4.39 Å². The maximum atomic E-state index is 13.0. The van der Waals surface area contributed by atoms with Gasteiger partial charge in [0.05, 0.1) is 5.69 Å². The number of pyridine rings is 1. The van der Waals surface area contributed by atoms with Crippen molar-refractivity contribution in [3.63, 3.8) is 0 Å². The highest BCUT2D eigenvalue weighted by Crippen LogP contribution is 2.35. The summed E-state index contributed by atoms with van der Waals surface area (Å²) in [5, 5.41) is 0. The monoisotopic (exact) mass is 166 g/mol. The van der Waals surface area contributed by atoms with Gasteiger partial charge in [-0.15, -0.1) is 0 Å². The Bertz CT molecular complexity index is 294. The lowest BCUT2D eigenvalue weighted by Crippen LogP contribution is -2.25. The van der Waals surface area contributed by atoms with E-state index in [0.29, 0.717) is 12.1 Å². The van der Waals surface area contributed by atoms with Crippen LogP contribution in [0.2, 0.25) is 0 Å². The Morgan fingerprint density at radius 1 is 1.58 bits per heavy atom. The average Bonchev–Trinajstić information content (AvgIpc) is 2.74. The molecule has 0 radical (unpaired) electrons. The molecule has 1 heterocycles. The summed E-state index contributed by atoms with van der Waals surface area (Å²) in [6.07, 6.45) is 4.15. The molecule has 2 rings (SSSR count). The molecule has 0 aromatic carbocycles. The van der Waals surface area contributed by atoms with Gasteiger partial charge < -0.3 is 5.73 Å². The molecule has 0 amide bonds. The maximum absolute atomic E-state index is 13.0. The zero-order valence-electron chi connectivity index (χ0n) is 6.76. The van der Waals surface area contributed by atoms with Crippen LogP contribution in [0.4, 0.5) is 4.39 Å². The van der Waals surface area contributed by atoms with E-state index in [0.717, 1.165) is 12.8 Å². The Kier molecular flexibility index (Phi) is 1.61. The van der Waals surface area contributed by atoms with Crippen LogP contribution in [-0.4, -0.2) is 10.5 Å². The van der Waals surface area contributed by atoms with Crippen molar-refractivity contribution in [1.29, 1.82) is 0 Å². The molecule has 0 aliphatic heterocycles. The minimum Gasteiger partial charge on any atom is -0.325 e. The largest absolute Gasteiger partial charge is 0.325 e. The molecule has 0 bridgehead atoms. The van der Waals surface area contributed by atoms with Crippen LogP contribution in [-0.2, 0) is 6.42 Å². The fraction of sp³-hybridized carbons (Fsp3) is 0.444. The first kappa shape index (κ1) is 7.68. The number of rotatable bonds is 2. The van der Waals surface area contributed by atoms with Crippen LogP contribution in [0.5, 0.6) is 0 Å². The summed E-state index contributed by atoms with van der Waals surface area (Å²) in [6, 6.07) is 3.02. The zero-order chi connectivity index (χ0) is 8.60. The van der Waals surface area contributed by atoms with Gasteiger partial charge in [-0.3, -0.25) is 4.98 Å². The fourth-order valence-electron chi connectivity index (χ4n) is 1.22. The van der Waals surface area contributed by atoms with Gasteiger partial charge in [-0.05, 0) is 25.0 Å². The molecule has 0 saturated heterocycles. The number of hydrogen-bond donors (Lipinski definition) is 1. The molecule has 0 unspecified atom stereocenters. The highest BCUT2D eigenvalue weighted by molar-refractivity contribution is 5.14. The molecule has 2 N–H and O–H groups in total. The highest BCUT2D eigenvalue weighted by atomic mass is 19.1. The lowest BCUT2D eigenvalue weighted by atomic mass is 10.1. The second kappa shape index (κ2) is 2.52. The van der Waals surface area contributed by atoms with E-state index in [1.54, 1.807) is 12.3 Å². The summed E-state index contributed by atoms with van der Waals surface area (Å²) < 4.78 is 13.0. The predicted octanol–water partition coefficient (Wildman–Crippen LogP) is 1.25. The molecule has 64 valence electrons. The van der Waals surface area contributed by atoms with Crippen molar-refractivity contribution in [2.45, 2.75) is 24.8 Å². The lowest BCUT2D eigenvalue weighted by Gasteiger charge is -2.07. The minimum absolute atomic E-state index is 0.158. The normalized spacial score (nSPS) is 19.2. The smallest absolute Gasteiger partial charge is 0.144 e. The Morgan fingerprint density at radius 3 is 2.92 bits per heavy atom. The van der Waals surface area contributed by atoms with Crippen molar-refractivity contribution in [3.8, 4) is 0 Å². The zero-order valence-corrected chi connectivity index (χ0v) is 6.76. The molecule has 1 aliphatic rings.